The van der Waals surface area contributed by atoms with Gasteiger partial charge in [0.1, 0.15) is 5.84 Å². The molecule has 0 radical (unpaired) electrons. The van der Waals surface area contributed by atoms with E-state index in [-0.39, 0.29) is 11.1 Å². The minimum Gasteiger partial charge on any atom is -0.387 e. The number of amidine groups is 1. The van der Waals surface area contributed by atoms with Crippen LogP contribution in [0.1, 0.15) is 18.9 Å². The van der Waals surface area contributed by atoms with Crippen molar-refractivity contribution in [3.63, 3.8) is 0 Å². The highest BCUT2D eigenvalue weighted by molar-refractivity contribution is 7.99. The first-order valence-electron chi connectivity index (χ1n) is 4.83. The van der Waals surface area contributed by atoms with Gasteiger partial charge >= 0.3 is 0 Å². The van der Waals surface area contributed by atoms with Gasteiger partial charge in [-0.15, -0.1) is 11.8 Å². The van der Waals surface area contributed by atoms with Crippen LogP contribution < -0.4 is 5.73 Å². The van der Waals surface area contributed by atoms with E-state index >= 15 is 0 Å². The van der Waals surface area contributed by atoms with E-state index < -0.39 is 0 Å². The van der Waals surface area contributed by atoms with Crippen LogP contribution in [0.15, 0.2) is 24.3 Å². The standard InChI is InChI=1S/C11H15ClN2S/c1-2-10(11(13)14)15-7-8-3-5-9(12)6-4-8/h3-6,10H,2,7H2,1H3,(H3,13,14). The quantitative estimate of drug-likeness (QED) is 0.615. The molecule has 4 heteroatoms. The van der Waals surface area contributed by atoms with Crippen molar-refractivity contribution in [3.8, 4) is 0 Å². The summed E-state index contributed by atoms with van der Waals surface area (Å²) in [6, 6.07) is 7.77. The molecule has 0 bridgehead atoms. The molecule has 0 aliphatic rings. The zero-order valence-corrected chi connectivity index (χ0v) is 10.2. The van der Waals surface area contributed by atoms with Crippen LogP contribution in [0.5, 0.6) is 0 Å². The highest BCUT2D eigenvalue weighted by atomic mass is 35.5. The Bertz CT molecular complexity index is 324. The van der Waals surface area contributed by atoms with Crippen LogP contribution in [-0.4, -0.2) is 11.1 Å². The zero-order valence-electron chi connectivity index (χ0n) is 8.66. The predicted molar refractivity (Wildman–Crippen MR) is 68.7 cm³/mol. The van der Waals surface area contributed by atoms with E-state index in [4.69, 9.17) is 22.7 Å². The number of nitrogens with two attached hydrogens (primary N) is 1. The van der Waals surface area contributed by atoms with Crippen LogP contribution >= 0.6 is 23.4 Å². The molecule has 0 saturated carbocycles. The van der Waals surface area contributed by atoms with Gasteiger partial charge in [-0.3, -0.25) is 5.41 Å². The fraction of sp³-hybridized carbons (Fsp3) is 0.364. The molecule has 15 heavy (non-hydrogen) atoms. The molecule has 0 fully saturated rings. The molecule has 1 aromatic rings. The van der Waals surface area contributed by atoms with Crippen molar-refractivity contribution >= 4 is 29.2 Å². The lowest BCUT2D eigenvalue weighted by Crippen LogP contribution is -2.24. The van der Waals surface area contributed by atoms with Gasteiger partial charge in [0, 0.05) is 10.8 Å². The third-order valence-electron chi connectivity index (χ3n) is 2.08. The Morgan fingerprint density at radius 3 is 2.53 bits per heavy atom. The Morgan fingerprint density at radius 1 is 1.47 bits per heavy atom. The number of hydrogen-bond donors (Lipinski definition) is 2. The molecule has 1 atom stereocenters. The second kappa shape index (κ2) is 6.03. The maximum absolute atomic E-state index is 7.39. The molecule has 0 aromatic heterocycles. The van der Waals surface area contributed by atoms with Gasteiger partial charge in [-0.05, 0) is 24.1 Å². The Morgan fingerprint density at radius 2 is 2.07 bits per heavy atom. The van der Waals surface area contributed by atoms with Gasteiger partial charge in [-0.1, -0.05) is 30.7 Å². The van der Waals surface area contributed by atoms with Crippen LogP contribution in [0.3, 0.4) is 0 Å². The molecule has 1 rings (SSSR count). The fourth-order valence-corrected chi connectivity index (χ4v) is 2.33. The maximum atomic E-state index is 7.39. The van der Waals surface area contributed by atoms with Crippen molar-refractivity contribution in [2.75, 3.05) is 0 Å². The maximum Gasteiger partial charge on any atom is 0.104 e. The summed E-state index contributed by atoms with van der Waals surface area (Å²) in [4.78, 5) is 0. The van der Waals surface area contributed by atoms with E-state index in [1.165, 1.54) is 5.56 Å². The number of halogens is 1. The second-order valence-electron chi connectivity index (χ2n) is 3.29. The predicted octanol–water partition coefficient (Wildman–Crippen LogP) is 3.29. The Kier molecular flexibility index (Phi) is 4.99. The summed E-state index contributed by atoms with van der Waals surface area (Å²) in [5.41, 5.74) is 6.69. The number of hydrogen-bond acceptors (Lipinski definition) is 2. The van der Waals surface area contributed by atoms with Crippen LogP contribution in [0, 0.1) is 5.41 Å². The molecule has 3 N–H and O–H groups in total. The monoisotopic (exact) mass is 242 g/mol. The number of benzene rings is 1. The number of rotatable bonds is 5. The molecular weight excluding hydrogens is 228 g/mol. The summed E-state index contributed by atoms with van der Waals surface area (Å²) >= 11 is 7.49. The molecule has 1 unspecified atom stereocenters. The molecule has 1 aromatic carbocycles. The van der Waals surface area contributed by atoms with Gasteiger partial charge < -0.3 is 5.73 Å². The Labute approximate surface area is 99.7 Å². The Hall–Kier alpha value is -0.670. The molecule has 0 heterocycles. The fourth-order valence-electron chi connectivity index (χ4n) is 1.20. The Balaban J connectivity index is 2.49. The highest BCUT2D eigenvalue weighted by Gasteiger charge is 2.09. The summed E-state index contributed by atoms with van der Waals surface area (Å²) in [5.74, 6) is 1.13. The highest BCUT2D eigenvalue weighted by Crippen LogP contribution is 2.21. The van der Waals surface area contributed by atoms with E-state index in [0.29, 0.717) is 0 Å². The van der Waals surface area contributed by atoms with Crippen LogP contribution in [0.25, 0.3) is 0 Å². The lowest BCUT2D eigenvalue weighted by molar-refractivity contribution is 0.991. The summed E-state index contributed by atoms with van der Waals surface area (Å²) in [5, 5.41) is 8.27. The van der Waals surface area contributed by atoms with E-state index in [0.717, 1.165) is 17.2 Å². The molecule has 0 aliphatic carbocycles. The smallest absolute Gasteiger partial charge is 0.104 e. The van der Waals surface area contributed by atoms with E-state index in [1.54, 1.807) is 11.8 Å². The first-order valence-corrected chi connectivity index (χ1v) is 6.26. The summed E-state index contributed by atoms with van der Waals surface area (Å²) < 4.78 is 0. The number of thioether (sulfide) groups is 1. The molecule has 0 amide bonds. The van der Waals surface area contributed by atoms with Crippen LogP contribution in [0.2, 0.25) is 5.02 Å². The molecule has 2 nitrogen and oxygen atoms in total. The third-order valence-corrected chi connectivity index (χ3v) is 3.82. The third kappa shape index (κ3) is 4.14. The normalized spacial score (nSPS) is 12.4. The van der Waals surface area contributed by atoms with Crippen LogP contribution in [0.4, 0.5) is 0 Å². The van der Waals surface area contributed by atoms with E-state index in [1.807, 2.05) is 31.2 Å². The average Bonchev–Trinajstić information content (AvgIpc) is 2.21. The topological polar surface area (TPSA) is 49.9 Å². The second-order valence-corrected chi connectivity index (χ2v) is 4.92. The van der Waals surface area contributed by atoms with Gasteiger partial charge in [-0.2, -0.15) is 0 Å². The molecular formula is C11H15ClN2S. The summed E-state index contributed by atoms with van der Waals surface area (Å²) in [6.45, 7) is 2.04. The minimum absolute atomic E-state index is 0.126. The minimum atomic E-state index is 0.126. The molecule has 0 spiro atoms. The van der Waals surface area contributed by atoms with Crippen LogP contribution in [-0.2, 0) is 5.75 Å². The van der Waals surface area contributed by atoms with Gasteiger partial charge in [0.2, 0.25) is 0 Å². The lowest BCUT2D eigenvalue weighted by atomic mass is 10.2. The number of nitrogens with one attached hydrogen (secondary N) is 1. The summed E-state index contributed by atoms with van der Waals surface area (Å²) in [7, 11) is 0. The molecule has 82 valence electrons. The van der Waals surface area contributed by atoms with Crippen molar-refractivity contribution in [2.45, 2.75) is 24.3 Å². The SMILES string of the molecule is CCC(SCc1ccc(Cl)cc1)C(=N)N. The van der Waals surface area contributed by atoms with Crippen molar-refractivity contribution in [1.29, 1.82) is 5.41 Å². The largest absolute Gasteiger partial charge is 0.387 e. The van der Waals surface area contributed by atoms with Crippen molar-refractivity contribution < 1.29 is 0 Å². The molecule has 0 saturated heterocycles. The van der Waals surface area contributed by atoms with Crippen molar-refractivity contribution in [1.82, 2.24) is 0 Å². The van der Waals surface area contributed by atoms with Crippen molar-refractivity contribution in [2.24, 2.45) is 5.73 Å². The zero-order chi connectivity index (χ0) is 11.3. The molecule has 0 aliphatic heterocycles. The summed E-state index contributed by atoms with van der Waals surface area (Å²) in [6.07, 6.45) is 0.896. The van der Waals surface area contributed by atoms with Gasteiger partial charge in [0.05, 0.1) is 5.25 Å². The first kappa shape index (κ1) is 12.4. The van der Waals surface area contributed by atoms with Crippen molar-refractivity contribution in [3.05, 3.63) is 34.9 Å². The lowest BCUT2D eigenvalue weighted by Gasteiger charge is -2.12. The van der Waals surface area contributed by atoms with E-state index in [9.17, 15) is 0 Å². The van der Waals surface area contributed by atoms with Gasteiger partial charge in [0.25, 0.3) is 0 Å². The first-order chi connectivity index (χ1) is 7.13. The average molecular weight is 243 g/mol. The van der Waals surface area contributed by atoms with E-state index in [2.05, 4.69) is 0 Å². The van der Waals surface area contributed by atoms with Gasteiger partial charge in [-0.25, -0.2) is 0 Å². The van der Waals surface area contributed by atoms with Gasteiger partial charge in [0.15, 0.2) is 0 Å².